The maximum atomic E-state index is 12.8. The number of hydrogen-bond donors (Lipinski definition) is 0. The molecule has 0 aromatic rings. The van der Waals surface area contributed by atoms with E-state index in [0.717, 1.165) is 44.8 Å². The van der Waals surface area contributed by atoms with Crippen molar-refractivity contribution in [1.29, 1.82) is 0 Å². The Labute approximate surface area is 255 Å². The van der Waals surface area contributed by atoms with E-state index in [-0.39, 0.29) is 18.2 Å². The summed E-state index contributed by atoms with van der Waals surface area (Å²) < 4.78 is 27.9. The van der Waals surface area contributed by atoms with Crippen LogP contribution < -0.4 is 0 Å². The molecule has 0 heterocycles. The number of carbonyl (C=O) groups is 2. The molecular formula is C35H68O5S. The molecule has 0 bridgehead atoms. The summed E-state index contributed by atoms with van der Waals surface area (Å²) in [5.74, 6) is -1.26. The standard InChI is InChI=1S/C35H68O5S/c1-4-6-8-10-12-14-16-18-20-22-24-26-28-30-34(36)33(32-40-41(3,38)39)35(37)31-29-27-25-23-21-19-17-15-13-11-9-7-5-2/h33H,4-32H2,1-3H3. The van der Waals surface area contributed by atoms with Gasteiger partial charge in [-0.2, -0.15) is 8.42 Å². The average Bonchev–Trinajstić information content (AvgIpc) is 2.93. The molecule has 0 N–H and O–H groups in total. The fraction of sp³-hybridized carbons (Fsp3) is 0.943. The molecule has 0 fully saturated rings. The van der Waals surface area contributed by atoms with Gasteiger partial charge in [0.1, 0.15) is 17.5 Å². The predicted octanol–water partition coefficient (Wildman–Crippen LogP) is 10.7. The van der Waals surface area contributed by atoms with Crippen LogP contribution in [0.15, 0.2) is 0 Å². The molecule has 6 heteroatoms. The van der Waals surface area contributed by atoms with E-state index < -0.39 is 16.0 Å². The first-order chi connectivity index (χ1) is 19.8. The fourth-order valence-corrected chi connectivity index (χ4v) is 5.92. The number of rotatable bonds is 33. The summed E-state index contributed by atoms with van der Waals surface area (Å²) in [5.41, 5.74) is 0. The minimum absolute atomic E-state index is 0.156. The third-order valence-corrected chi connectivity index (χ3v) is 8.84. The molecule has 0 saturated carbocycles. The lowest BCUT2D eigenvalue weighted by Crippen LogP contribution is -2.29. The smallest absolute Gasteiger partial charge is 0.264 e. The highest BCUT2D eigenvalue weighted by Crippen LogP contribution is 2.18. The van der Waals surface area contributed by atoms with Crippen LogP contribution in [-0.4, -0.2) is 32.8 Å². The van der Waals surface area contributed by atoms with Crippen LogP contribution in [0.2, 0.25) is 0 Å². The van der Waals surface area contributed by atoms with Crippen LogP contribution in [0.3, 0.4) is 0 Å². The number of hydrogen-bond acceptors (Lipinski definition) is 5. The van der Waals surface area contributed by atoms with Gasteiger partial charge in [0.05, 0.1) is 12.9 Å². The lowest BCUT2D eigenvalue weighted by Gasteiger charge is -2.14. The van der Waals surface area contributed by atoms with Crippen molar-refractivity contribution in [2.24, 2.45) is 5.92 Å². The molecule has 0 aromatic heterocycles. The molecule has 0 saturated heterocycles. The first-order valence-corrected chi connectivity index (χ1v) is 19.5. The van der Waals surface area contributed by atoms with Crippen molar-refractivity contribution < 1.29 is 22.2 Å². The van der Waals surface area contributed by atoms with E-state index in [4.69, 9.17) is 4.18 Å². The topological polar surface area (TPSA) is 77.5 Å². The van der Waals surface area contributed by atoms with Gasteiger partial charge in [-0.15, -0.1) is 0 Å². The lowest BCUT2D eigenvalue weighted by atomic mass is 9.92. The number of Topliss-reactive ketones (excluding diaryl/α,β-unsaturated/α-hetero) is 2. The molecule has 0 spiro atoms. The van der Waals surface area contributed by atoms with Crippen molar-refractivity contribution in [3.05, 3.63) is 0 Å². The largest absolute Gasteiger partial charge is 0.299 e. The van der Waals surface area contributed by atoms with Crippen molar-refractivity contribution in [2.45, 2.75) is 194 Å². The van der Waals surface area contributed by atoms with E-state index in [1.54, 1.807) is 0 Å². The summed E-state index contributed by atoms with van der Waals surface area (Å²) >= 11 is 0. The molecule has 0 aromatic carbocycles. The van der Waals surface area contributed by atoms with Gasteiger partial charge in [-0.05, 0) is 12.8 Å². The average molecular weight is 601 g/mol. The Morgan fingerprint density at radius 3 is 0.951 bits per heavy atom. The summed E-state index contributed by atoms with van der Waals surface area (Å²) in [6.45, 7) is 4.17. The molecule has 41 heavy (non-hydrogen) atoms. The predicted molar refractivity (Wildman–Crippen MR) is 175 cm³/mol. The van der Waals surface area contributed by atoms with Crippen molar-refractivity contribution in [2.75, 3.05) is 12.9 Å². The van der Waals surface area contributed by atoms with Crippen molar-refractivity contribution in [1.82, 2.24) is 0 Å². The Bertz CT molecular complexity index is 661. The van der Waals surface area contributed by atoms with Crippen molar-refractivity contribution in [3.8, 4) is 0 Å². The Kier molecular flexibility index (Phi) is 28.8. The molecule has 0 amide bonds. The normalized spacial score (nSPS) is 11.9. The van der Waals surface area contributed by atoms with E-state index in [2.05, 4.69) is 13.8 Å². The van der Waals surface area contributed by atoms with Crippen molar-refractivity contribution in [3.63, 3.8) is 0 Å². The summed E-state index contributed by atoms with van der Waals surface area (Å²) in [5, 5.41) is 0. The molecule has 0 unspecified atom stereocenters. The first-order valence-electron chi connectivity index (χ1n) is 17.7. The second kappa shape index (κ2) is 29.3. The SMILES string of the molecule is CCCCCCCCCCCCCCCC(=O)C(COS(C)(=O)=O)C(=O)CCCCCCCCCCCCCCC. The van der Waals surface area contributed by atoms with Gasteiger partial charge in [-0.25, -0.2) is 0 Å². The fourth-order valence-electron chi connectivity index (χ4n) is 5.54. The van der Waals surface area contributed by atoms with Gasteiger partial charge in [-0.1, -0.05) is 168 Å². The quantitative estimate of drug-likeness (QED) is 0.0425. The van der Waals surface area contributed by atoms with Gasteiger partial charge in [0.15, 0.2) is 0 Å². The molecule has 0 atom stereocenters. The van der Waals surface area contributed by atoms with Crippen LogP contribution >= 0.6 is 0 Å². The van der Waals surface area contributed by atoms with Crippen LogP contribution in [0.4, 0.5) is 0 Å². The zero-order valence-electron chi connectivity index (χ0n) is 27.5. The van der Waals surface area contributed by atoms with Crippen LogP contribution in [0.5, 0.6) is 0 Å². The van der Waals surface area contributed by atoms with Crippen molar-refractivity contribution >= 4 is 21.7 Å². The monoisotopic (exact) mass is 600 g/mol. The van der Waals surface area contributed by atoms with Gasteiger partial charge in [-0.3, -0.25) is 13.8 Å². The lowest BCUT2D eigenvalue weighted by molar-refractivity contribution is -0.134. The highest BCUT2D eigenvalue weighted by Gasteiger charge is 2.27. The zero-order valence-corrected chi connectivity index (χ0v) is 28.3. The molecule has 0 aliphatic carbocycles. The van der Waals surface area contributed by atoms with Gasteiger partial charge in [0.2, 0.25) is 0 Å². The highest BCUT2D eigenvalue weighted by atomic mass is 32.2. The number of ketones is 2. The van der Waals surface area contributed by atoms with E-state index >= 15 is 0 Å². The molecule has 244 valence electrons. The second-order valence-corrected chi connectivity index (χ2v) is 14.1. The Hall–Kier alpha value is -0.750. The van der Waals surface area contributed by atoms with Gasteiger partial charge in [0, 0.05) is 12.8 Å². The van der Waals surface area contributed by atoms with Gasteiger partial charge < -0.3 is 0 Å². The Morgan fingerprint density at radius 2 is 0.707 bits per heavy atom. The molecule has 0 radical (unpaired) electrons. The maximum absolute atomic E-state index is 12.8. The minimum atomic E-state index is -3.69. The maximum Gasteiger partial charge on any atom is 0.264 e. The molecule has 0 aliphatic rings. The van der Waals surface area contributed by atoms with Gasteiger partial charge in [0.25, 0.3) is 10.1 Å². The third kappa shape index (κ3) is 29.1. The highest BCUT2D eigenvalue weighted by molar-refractivity contribution is 7.85. The van der Waals surface area contributed by atoms with E-state index in [1.807, 2.05) is 0 Å². The molecule has 0 aliphatic heterocycles. The van der Waals surface area contributed by atoms with E-state index in [9.17, 15) is 18.0 Å². The molecular weight excluding hydrogens is 532 g/mol. The number of unbranched alkanes of at least 4 members (excludes halogenated alkanes) is 24. The van der Waals surface area contributed by atoms with E-state index in [0.29, 0.717) is 12.8 Å². The Balaban J connectivity index is 4.02. The van der Waals surface area contributed by atoms with Crippen LogP contribution in [-0.2, 0) is 23.9 Å². The zero-order chi connectivity index (χ0) is 30.4. The van der Waals surface area contributed by atoms with Crippen LogP contribution in [0, 0.1) is 5.92 Å². The second-order valence-electron chi connectivity index (χ2n) is 12.5. The first kappa shape index (κ1) is 40.2. The van der Waals surface area contributed by atoms with Gasteiger partial charge >= 0.3 is 0 Å². The van der Waals surface area contributed by atoms with E-state index in [1.165, 1.54) is 128 Å². The summed E-state index contributed by atoms with van der Waals surface area (Å²) in [6, 6.07) is 0. The number of carbonyl (C=O) groups excluding carboxylic acids is 2. The van der Waals surface area contributed by atoms with Crippen LogP contribution in [0.1, 0.15) is 194 Å². The molecule has 0 rings (SSSR count). The third-order valence-electron chi connectivity index (χ3n) is 8.28. The summed E-state index contributed by atoms with van der Waals surface area (Å²) in [6.07, 6.45) is 33.8. The summed E-state index contributed by atoms with van der Waals surface area (Å²) in [7, 11) is -3.69. The Morgan fingerprint density at radius 1 is 0.463 bits per heavy atom. The molecule has 5 nitrogen and oxygen atoms in total. The minimum Gasteiger partial charge on any atom is -0.299 e. The van der Waals surface area contributed by atoms with Crippen LogP contribution in [0.25, 0.3) is 0 Å². The summed E-state index contributed by atoms with van der Waals surface area (Å²) in [4.78, 5) is 25.7.